The minimum atomic E-state index is -4.48. The Morgan fingerprint density at radius 1 is 1.03 bits per heavy atom. The first-order valence-electron chi connectivity index (χ1n) is 9.91. The average molecular weight is 445 g/mol. The van der Waals surface area contributed by atoms with Crippen LogP contribution in [0.3, 0.4) is 0 Å². The van der Waals surface area contributed by atoms with Gasteiger partial charge < -0.3 is 5.32 Å². The molecule has 0 unspecified atom stereocenters. The zero-order valence-corrected chi connectivity index (χ0v) is 18.1. The van der Waals surface area contributed by atoms with Gasteiger partial charge in [0.05, 0.1) is 0 Å². The minimum Gasteiger partial charge on any atom is -0.348 e. The average Bonchev–Trinajstić information content (AvgIpc) is 2.76. The molecular weight excluding hydrogens is 421 g/mol. The molecule has 0 saturated carbocycles. The van der Waals surface area contributed by atoms with E-state index in [2.05, 4.69) is 23.3 Å². The fraction of sp³-hybridized carbons (Fsp3) is 0.250. The van der Waals surface area contributed by atoms with E-state index in [0.29, 0.717) is 11.1 Å². The van der Waals surface area contributed by atoms with Crippen LogP contribution >= 0.6 is 11.8 Å². The molecule has 7 heteroatoms. The van der Waals surface area contributed by atoms with E-state index in [4.69, 9.17) is 0 Å². The summed E-state index contributed by atoms with van der Waals surface area (Å²) in [4.78, 5) is 17.2. The van der Waals surface area contributed by atoms with Gasteiger partial charge in [0, 0.05) is 23.2 Å². The van der Waals surface area contributed by atoms with Gasteiger partial charge in [-0.05, 0) is 60.1 Å². The summed E-state index contributed by atoms with van der Waals surface area (Å²) in [5.41, 5.74) is 3.18. The number of hydrogen-bond acceptors (Lipinski definition) is 3. The molecule has 0 fully saturated rings. The summed E-state index contributed by atoms with van der Waals surface area (Å²) in [6, 6.07) is 16.1. The summed E-state index contributed by atoms with van der Waals surface area (Å²) in [5, 5.41) is 2.78. The third-order valence-corrected chi connectivity index (χ3v) is 5.78. The number of hydrogen-bond donors (Lipinski definition) is 1. The molecule has 3 nitrogen and oxygen atoms in total. The summed E-state index contributed by atoms with van der Waals surface area (Å²) >= 11 is 1.69. The standard InChI is InChI=1S/C24H23F3N2OS/c1-3-10-31-21-12-19(18-7-4-16(2)5-8-18)11-20(13-21)23(30)29-15-17-6-9-22(28-14-17)24(25,26)27/h4-9,11-14H,3,10,15H2,1-2H3,(H,29,30). The molecule has 0 spiro atoms. The molecule has 1 N–H and O–H groups in total. The molecule has 0 bridgehead atoms. The molecular formula is C24H23F3N2OS. The normalized spacial score (nSPS) is 11.4. The molecule has 0 aliphatic heterocycles. The predicted molar refractivity (Wildman–Crippen MR) is 118 cm³/mol. The monoisotopic (exact) mass is 444 g/mol. The van der Waals surface area contributed by atoms with E-state index in [9.17, 15) is 18.0 Å². The van der Waals surface area contributed by atoms with Crippen molar-refractivity contribution >= 4 is 17.7 Å². The summed E-state index contributed by atoms with van der Waals surface area (Å²) in [6.07, 6.45) is -2.33. The highest BCUT2D eigenvalue weighted by Crippen LogP contribution is 2.29. The molecule has 1 aromatic heterocycles. The van der Waals surface area contributed by atoms with Crippen molar-refractivity contribution in [3.05, 3.63) is 83.2 Å². The Kier molecular flexibility index (Phi) is 7.38. The van der Waals surface area contributed by atoms with Crippen LogP contribution in [0.4, 0.5) is 13.2 Å². The van der Waals surface area contributed by atoms with Crippen LogP contribution in [0, 0.1) is 6.92 Å². The lowest BCUT2D eigenvalue weighted by molar-refractivity contribution is -0.141. The van der Waals surface area contributed by atoms with Crippen LogP contribution in [0.2, 0.25) is 0 Å². The van der Waals surface area contributed by atoms with E-state index in [0.717, 1.165) is 46.0 Å². The molecule has 0 saturated heterocycles. The van der Waals surface area contributed by atoms with Gasteiger partial charge in [-0.2, -0.15) is 13.2 Å². The molecule has 3 aromatic rings. The maximum atomic E-state index is 12.8. The lowest BCUT2D eigenvalue weighted by atomic mass is 10.0. The highest BCUT2D eigenvalue weighted by atomic mass is 32.2. The lowest BCUT2D eigenvalue weighted by Crippen LogP contribution is -2.23. The molecule has 1 heterocycles. The molecule has 0 aliphatic carbocycles. The van der Waals surface area contributed by atoms with Gasteiger partial charge in [0.1, 0.15) is 5.69 Å². The number of pyridine rings is 1. The van der Waals surface area contributed by atoms with Crippen molar-refractivity contribution < 1.29 is 18.0 Å². The molecule has 0 aliphatic rings. The second-order valence-electron chi connectivity index (χ2n) is 7.19. The van der Waals surface area contributed by atoms with Gasteiger partial charge in [-0.1, -0.05) is 42.8 Å². The van der Waals surface area contributed by atoms with Crippen LogP contribution in [-0.2, 0) is 12.7 Å². The molecule has 3 rings (SSSR count). The van der Waals surface area contributed by atoms with Crippen molar-refractivity contribution in [2.45, 2.75) is 37.9 Å². The summed E-state index contributed by atoms with van der Waals surface area (Å²) in [7, 11) is 0. The number of nitrogens with zero attached hydrogens (tertiary/aromatic N) is 1. The van der Waals surface area contributed by atoms with Crippen LogP contribution in [0.15, 0.2) is 65.7 Å². The number of aryl methyl sites for hydroxylation is 1. The number of aromatic nitrogens is 1. The van der Waals surface area contributed by atoms with Crippen molar-refractivity contribution in [2.24, 2.45) is 0 Å². The molecule has 31 heavy (non-hydrogen) atoms. The number of rotatable bonds is 7. The van der Waals surface area contributed by atoms with Gasteiger partial charge in [-0.3, -0.25) is 9.78 Å². The number of carbonyl (C=O) groups is 1. The third kappa shape index (κ3) is 6.34. The first kappa shape index (κ1) is 22.9. The van der Waals surface area contributed by atoms with Gasteiger partial charge in [0.15, 0.2) is 0 Å². The molecule has 2 aromatic carbocycles. The SMILES string of the molecule is CCCSc1cc(C(=O)NCc2ccc(C(F)(F)F)nc2)cc(-c2ccc(C)cc2)c1. The number of benzene rings is 2. The fourth-order valence-corrected chi connectivity index (χ4v) is 3.79. The minimum absolute atomic E-state index is 0.0934. The van der Waals surface area contributed by atoms with Crippen LogP contribution in [0.25, 0.3) is 11.1 Å². The van der Waals surface area contributed by atoms with Gasteiger partial charge in [-0.25, -0.2) is 0 Å². The van der Waals surface area contributed by atoms with E-state index >= 15 is 0 Å². The van der Waals surface area contributed by atoms with Crippen LogP contribution in [0.5, 0.6) is 0 Å². The summed E-state index contributed by atoms with van der Waals surface area (Å²) in [5.74, 6) is 0.655. The number of thioether (sulfide) groups is 1. The van der Waals surface area contributed by atoms with Crippen LogP contribution < -0.4 is 5.32 Å². The van der Waals surface area contributed by atoms with Crippen molar-refractivity contribution in [2.75, 3.05) is 5.75 Å². The Morgan fingerprint density at radius 3 is 2.39 bits per heavy atom. The Labute approximate surface area is 184 Å². The molecule has 162 valence electrons. The van der Waals surface area contributed by atoms with Gasteiger partial charge in [0.2, 0.25) is 0 Å². The summed E-state index contributed by atoms with van der Waals surface area (Å²) in [6.45, 7) is 4.21. The first-order chi connectivity index (χ1) is 14.8. The molecule has 0 radical (unpaired) electrons. The third-order valence-electron chi connectivity index (χ3n) is 4.59. The van der Waals surface area contributed by atoms with Gasteiger partial charge in [-0.15, -0.1) is 11.8 Å². The van der Waals surface area contributed by atoms with Crippen LogP contribution in [0.1, 0.15) is 40.5 Å². The second-order valence-corrected chi connectivity index (χ2v) is 8.36. The van der Waals surface area contributed by atoms with Crippen molar-refractivity contribution in [3.8, 4) is 11.1 Å². The van der Waals surface area contributed by atoms with Crippen molar-refractivity contribution in [1.82, 2.24) is 10.3 Å². The number of alkyl halides is 3. The van der Waals surface area contributed by atoms with E-state index in [1.54, 1.807) is 11.8 Å². The first-order valence-corrected chi connectivity index (χ1v) is 10.9. The van der Waals surface area contributed by atoms with E-state index < -0.39 is 11.9 Å². The molecule has 1 amide bonds. The second kappa shape index (κ2) is 10.0. The molecule has 0 atom stereocenters. The van der Waals surface area contributed by atoms with Gasteiger partial charge >= 0.3 is 6.18 Å². The zero-order valence-electron chi connectivity index (χ0n) is 17.3. The van der Waals surface area contributed by atoms with E-state index in [1.807, 2.05) is 43.3 Å². The Bertz CT molecular complexity index is 1030. The predicted octanol–water partition coefficient (Wildman–Crippen LogP) is 6.51. The Hall–Kier alpha value is -2.80. The smallest absolute Gasteiger partial charge is 0.348 e. The highest BCUT2D eigenvalue weighted by molar-refractivity contribution is 7.99. The highest BCUT2D eigenvalue weighted by Gasteiger charge is 2.32. The van der Waals surface area contributed by atoms with E-state index in [1.165, 1.54) is 6.07 Å². The number of amides is 1. The maximum Gasteiger partial charge on any atom is 0.433 e. The zero-order chi connectivity index (χ0) is 22.4. The van der Waals surface area contributed by atoms with E-state index in [-0.39, 0.29) is 12.5 Å². The van der Waals surface area contributed by atoms with Gasteiger partial charge in [0.25, 0.3) is 5.91 Å². The fourth-order valence-electron chi connectivity index (χ4n) is 2.93. The topological polar surface area (TPSA) is 42.0 Å². The Morgan fingerprint density at radius 2 is 1.77 bits per heavy atom. The number of nitrogens with one attached hydrogen (secondary N) is 1. The lowest BCUT2D eigenvalue weighted by Gasteiger charge is -2.11. The van der Waals surface area contributed by atoms with Crippen molar-refractivity contribution in [3.63, 3.8) is 0 Å². The Balaban J connectivity index is 1.78. The number of carbonyl (C=O) groups excluding carboxylic acids is 1. The number of halogens is 3. The van der Waals surface area contributed by atoms with Crippen LogP contribution in [-0.4, -0.2) is 16.6 Å². The largest absolute Gasteiger partial charge is 0.433 e. The maximum absolute atomic E-state index is 12.8. The summed E-state index contributed by atoms with van der Waals surface area (Å²) < 4.78 is 37.9. The quantitative estimate of drug-likeness (QED) is 0.423. The van der Waals surface area contributed by atoms with Crippen molar-refractivity contribution in [1.29, 1.82) is 0 Å².